The van der Waals surface area contributed by atoms with Crippen LogP contribution in [0.2, 0.25) is 0 Å². The molecule has 0 saturated carbocycles. The quantitative estimate of drug-likeness (QED) is 0.163. The first-order valence-corrected chi connectivity index (χ1v) is 31.0. The summed E-state index contributed by atoms with van der Waals surface area (Å²) in [5.41, 5.74) is 19.9. The number of rotatable bonds is 4. The average molecular weight is 1160 g/mol. The van der Waals surface area contributed by atoms with Gasteiger partial charge in [-0.05, 0) is 165 Å². The first-order valence-electron chi connectivity index (χ1n) is 31.0. The lowest BCUT2D eigenvalue weighted by atomic mass is 9.76. The molecule has 8 heteroatoms. The highest BCUT2D eigenvalue weighted by Crippen LogP contribution is 2.45. The number of para-hydroxylation sites is 1. The number of benzene rings is 6. The van der Waals surface area contributed by atoms with Gasteiger partial charge in [0.25, 0.3) is 0 Å². The Morgan fingerprint density at radius 1 is 0.372 bits per heavy atom. The maximum atomic E-state index is 15.2. The van der Waals surface area contributed by atoms with Gasteiger partial charge in [-0.25, -0.2) is 4.79 Å². The molecule has 0 N–H and O–H groups in total. The summed E-state index contributed by atoms with van der Waals surface area (Å²) in [6.07, 6.45) is 7.34. The van der Waals surface area contributed by atoms with E-state index in [0.717, 1.165) is 84.4 Å². The van der Waals surface area contributed by atoms with Gasteiger partial charge in [-0.15, -0.1) is 0 Å². The zero-order valence-corrected chi connectivity index (χ0v) is 56.1. The second kappa shape index (κ2) is 23.6. The van der Waals surface area contributed by atoms with Crippen molar-refractivity contribution in [3.05, 3.63) is 197 Å². The number of aliphatic imine (C=N–C) groups is 1. The third kappa shape index (κ3) is 13.6. The van der Waals surface area contributed by atoms with E-state index in [2.05, 4.69) is 204 Å². The number of hydrogen-bond donors (Lipinski definition) is 0. The van der Waals surface area contributed by atoms with Gasteiger partial charge in [-0.1, -0.05) is 179 Å². The Morgan fingerprint density at radius 3 is 1.09 bits per heavy atom. The zero-order valence-electron chi connectivity index (χ0n) is 56.1. The van der Waals surface area contributed by atoms with Gasteiger partial charge in [0.15, 0.2) is 0 Å². The molecule has 7 heterocycles. The van der Waals surface area contributed by atoms with E-state index in [1.807, 2.05) is 12.1 Å². The van der Waals surface area contributed by atoms with Crippen molar-refractivity contribution >= 4 is 17.4 Å². The number of allylic oxidation sites excluding steroid dienone is 3. The van der Waals surface area contributed by atoms with Gasteiger partial charge < -0.3 is 28.4 Å². The number of fused-ring (bicyclic) bond motifs is 4. The van der Waals surface area contributed by atoms with E-state index in [1.54, 1.807) is 28.4 Å². The third-order valence-corrected chi connectivity index (χ3v) is 17.6. The van der Waals surface area contributed by atoms with Crippen LogP contribution in [-0.4, -0.2) is 40.1 Å². The molecule has 0 atom stereocenters. The first-order chi connectivity index (χ1) is 40.1. The first kappa shape index (κ1) is 63.4. The van der Waals surface area contributed by atoms with Crippen molar-refractivity contribution in [1.29, 1.82) is 0 Å². The second-order valence-corrected chi connectivity index (χ2v) is 30.6. The Balaban J connectivity index is 1.48. The topological polar surface area (TPSA) is 84.8 Å². The minimum Gasteiger partial charge on any atom is -0.496 e. The van der Waals surface area contributed by atoms with E-state index in [9.17, 15) is 0 Å². The summed E-state index contributed by atoms with van der Waals surface area (Å²) in [5.74, 6) is 3.55. The average Bonchev–Trinajstić information content (AvgIpc) is 1.06. The van der Waals surface area contributed by atoms with Gasteiger partial charge in [0.2, 0.25) is 0 Å². The van der Waals surface area contributed by atoms with Crippen LogP contribution in [0.1, 0.15) is 219 Å². The number of carbonyl (C=O) groups is 1. The van der Waals surface area contributed by atoms with Gasteiger partial charge >= 0.3 is 5.97 Å². The predicted molar refractivity (Wildman–Crippen MR) is 354 cm³/mol. The van der Waals surface area contributed by atoms with Crippen molar-refractivity contribution in [2.24, 2.45) is 10.4 Å². The number of methoxy groups -OCH3 is 4. The fourth-order valence-electron chi connectivity index (χ4n) is 12.9. The summed E-state index contributed by atoms with van der Waals surface area (Å²) < 4.78 is 40.0. The van der Waals surface area contributed by atoms with Crippen molar-refractivity contribution in [1.82, 2.24) is 0 Å². The van der Waals surface area contributed by atoms with E-state index in [1.165, 1.54) is 44.5 Å². The van der Waals surface area contributed by atoms with Crippen LogP contribution in [0.3, 0.4) is 0 Å². The summed E-state index contributed by atoms with van der Waals surface area (Å²) in [4.78, 5) is 21.0. The van der Waals surface area contributed by atoms with E-state index < -0.39 is 11.4 Å². The summed E-state index contributed by atoms with van der Waals surface area (Å²) >= 11 is 0. The molecule has 0 radical (unpaired) electrons. The monoisotopic (exact) mass is 1160 g/mol. The molecule has 0 aliphatic carbocycles. The van der Waals surface area contributed by atoms with E-state index in [0.29, 0.717) is 49.1 Å². The Kier molecular flexibility index (Phi) is 17.4. The molecule has 0 unspecified atom stereocenters. The SMILES string of the molecule is COc1cc2c(C(C)(C)C)cc1CC1=C/C(C(C)(C)C)=C\C3=Nc4c(cccc4COc4c(cc(C(C)(C)C)cc4Cc4cc(C(C)(C)C)c(cc4OC)Cc4cc(OC)c(cc4C(C)(C)C)C3)Cc3cc(C(C)(C)C)c(cc3OC)C2)COC1=O. The lowest BCUT2D eigenvalue weighted by molar-refractivity contribution is -0.140. The van der Waals surface area contributed by atoms with Crippen LogP contribution in [0.4, 0.5) is 5.69 Å². The molecule has 7 aliphatic heterocycles. The molecule has 0 saturated heterocycles. The summed E-state index contributed by atoms with van der Waals surface area (Å²) in [6, 6.07) is 29.3. The van der Waals surface area contributed by atoms with Crippen LogP contribution in [0.5, 0.6) is 28.7 Å². The smallest absolute Gasteiger partial charge is 0.334 e. The Hall–Kier alpha value is -7.06. The molecule has 13 rings (SSSR count). The standard InChI is InChI=1S/C78H97NO7/c1-73(2,3)59-31-56-28-52-35-62(75(7,8)9)48(39-66(52)81-19)26-50-41-68(83-21)54(37-64(50)77(13,14)15)30-58-33-60(74(4,5)6)43-61-34-55-38-65(78(16,17)18)51(42-69(55)84-22)27-49-40-67(82-20)53(36-63(49)76(10,11)12)29-57(32-59)71(56)85-44-46-24-23-25-47(70(46)79-61)45-86-72(58)80/h23-25,31-33,35-43H,26-30,34,44-45H2,1-22H3/b58-33?,60-43+,79-61?. The molecular weight excluding hydrogens is 1060 g/mol. The normalized spacial score (nSPS) is 16.0. The second-order valence-electron chi connectivity index (χ2n) is 30.6. The number of carbonyl (C=O) groups excluding carboxylic acids is 1. The Labute approximate surface area is 515 Å². The predicted octanol–water partition coefficient (Wildman–Crippen LogP) is 18.3. The van der Waals surface area contributed by atoms with Gasteiger partial charge in [0.05, 0.1) is 34.1 Å². The van der Waals surface area contributed by atoms with Gasteiger partial charge in [0.1, 0.15) is 42.0 Å². The van der Waals surface area contributed by atoms with Crippen molar-refractivity contribution in [3.63, 3.8) is 0 Å². The molecule has 6 aromatic rings. The highest BCUT2D eigenvalue weighted by Gasteiger charge is 2.32. The molecule has 0 fully saturated rings. The number of nitrogens with zero attached hydrogens (tertiary/aromatic N) is 1. The number of ether oxygens (including phenoxy) is 6. The van der Waals surface area contributed by atoms with E-state index >= 15 is 4.79 Å². The molecule has 8 nitrogen and oxygen atoms in total. The number of hydrogen-bond acceptors (Lipinski definition) is 8. The summed E-state index contributed by atoms with van der Waals surface area (Å²) in [5, 5.41) is 0. The lowest BCUT2D eigenvalue weighted by Gasteiger charge is -2.29. The van der Waals surface area contributed by atoms with Crippen LogP contribution in [0.15, 0.2) is 107 Å². The maximum absolute atomic E-state index is 15.2. The Morgan fingerprint density at radius 2 is 0.733 bits per heavy atom. The van der Waals surface area contributed by atoms with Crippen LogP contribution >= 0.6 is 0 Å². The molecule has 7 aliphatic rings. The fraction of sp³-hybridized carbons (Fsp3) is 0.462. The van der Waals surface area contributed by atoms with Crippen LogP contribution < -0.4 is 23.7 Å². The molecule has 0 spiro atoms. The van der Waals surface area contributed by atoms with E-state index in [-0.39, 0.29) is 46.7 Å². The molecule has 6 aromatic carbocycles. The molecule has 456 valence electrons. The molecule has 86 heavy (non-hydrogen) atoms. The fourth-order valence-corrected chi connectivity index (χ4v) is 12.9. The van der Waals surface area contributed by atoms with Gasteiger partial charge in [0, 0.05) is 53.7 Å². The third-order valence-electron chi connectivity index (χ3n) is 17.6. The highest BCUT2D eigenvalue weighted by molar-refractivity contribution is 6.00. The van der Waals surface area contributed by atoms with Crippen molar-refractivity contribution in [2.45, 2.75) is 203 Å². The molecule has 14 bridgehead atoms. The maximum Gasteiger partial charge on any atom is 0.334 e. The van der Waals surface area contributed by atoms with Crippen LogP contribution in [0.25, 0.3) is 0 Å². The minimum absolute atomic E-state index is 0.00943. The Bertz CT molecular complexity index is 3710. The van der Waals surface area contributed by atoms with Gasteiger partial charge in [-0.3, -0.25) is 4.99 Å². The minimum atomic E-state index is -0.451. The van der Waals surface area contributed by atoms with Gasteiger partial charge in [-0.2, -0.15) is 0 Å². The summed E-state index contributed by atoms with van der Waals surface area (Å²) in [7, 11) is 7.09. The van der Waals surface area contributed by atoms with E-state index in [4.69, 9.17) is 33.4 Å². The van der Waals surface area contributed by atoms with Crippen molar-refractivity contribution < 1.29 is 33.2 Å². The molecule has 0 aromatic heterocycles. The molecular formula is C78H97NO7. The number of esters is 1. The highest BCUT2D eigenvalue weighted by atomic mass is 16.5. The largest absolute Gasteiger partial charge is 0.496 e. The van der Waals surface area contributed by atoms with Crippen molar-refractivity contribution in [3.8, 4) is 28.7 Å². The van der Waals surface area contributed by atoms with Crippen LogP contribution in [0, 0.1) is 5.41 Å². The lowest BCUT2D eigenvalue weighted by Crippen LogP contribution is -2.20. The molecule has 0 amide bonds. The zero-order chi connectivity index (χ0) is 62.8. The summed E-state index contributed by atoms with van der Waals surface area (Å²) in [6.45, 7) is 41.2. The van der Waals surface area contributed by atoms with Crippen molar-refractivity contribution in [2.75, 3.05) is 28.4 Å². The van der Waals surface area contributed by atoms with Crippen LogP contribution in [-0.2, 0) is 88.3 Å².